The van der Waals surface area contributed by atoms with Gasteiger partial charge in [-0.05, 0) is 50.7 Å². The van der Waals surface area contributed by atoms with Gasteiger partial charge in [-0.2, -0.15) is 4.31 Å². The maximum absolute atomic E-state index is 13.9. The molecule has 1 aliphatic carbocycles. The second kappa shape index (κ2) is 8.34. The van der Waals surface area contributed by atoms with Crippen LogP contribution in [0.25, 0.3) is 0 Å². The molecule has 2 aliphatic heterocycles. The Morgan fingerprint density at radius 2 is 1.88 bits per heavy atom. The fraction of sp³-hybridized carbons (Fsp3) is 0.522. The van der Waals surface area contributed by atoms with Gasteiger partial charge in [0, 0.05) is 37.8 Å². The number of nitrogens with zero attached hydrogens (tertiary/aromatic N) is 3. The molecule has 5 rings (SSSR count). The van der Waals surface area contributed by atoms with E-state index in [9.17, 15) is 18.0 Å². The molecule has 0 radical (unpaired) electrons. The third-order valence-corrected chi connectivity index (χ3v) is 9.02. The van der Waals surface area contributed by atoms with Crippen LogP contribution in [0.1, 0.15) is 48.7 Å². The number of piperidine rings is 1. The lowest BCUT2D eigenvalue weighted by molar-refractivity contribution is -0.121. The van der Waals surface area contributed by atoms with Gasteiger partial charge in [-0.15, -0.1) is 0 Å². The number of benzene rings is 1. The Labute approximate surface area is 193 Å². The van der Waals surface area contributed by atoms with E-state index in [2.05, 4.69) is 20.2 Å². The highest BCUT2D eigenvalue weighted by molar-refractivity contribution is 7.89. The molecule has 3 aliphatic rings. The number of hydrogen-bond donors (Lipinski definition) is 2. The molecule has 9 nitrogen and oxygen atoms in total. The van der Waals surface area contributed by atoms with Crippen molar-refractivity contribution in [3.8, 4) is 0 Å². The van der Waals surface area contributed by atoms with Gasteiger partial charge < -0.3 is 15.2 Å². The van der Waals surface area contributed by atoms with Crippen LogP contribution in [0.5, 0.6) is 0 Å². The lowest BCUT2D eigenvalue weighted by atomic mass is 9.97. The third-order valence-electron chi connectivity index (χ3n) is 7.04. The van der Waals surface area contributed by atoms with Gasteiger partial charge in [0.2, 0.25) is 15.9 Å². The minimum atomic E-state index is -4.02. The minimum absolute atomic E-state index is 0.0795. The third kappa shape index (κ3) is 4.22. The number of carbonyl (C=O) groups excluding carboxylic acids is 2. The number of hydrogen-bond acceptors (Lipinski definition) is 6. The highest BCUT2D eigenvalue weighted by Crippen LogP contribution is 2.40. The number of aromatic nitrogens is 2. The number of H-pyrrole nitrogens is 1. The van der Waals surface area contributed by atoms with Gasteiger partial charge >= 0.3 is 0 Å². The number of nitrogens with one attached hydrogen (secondary N) is 2. The predicted molar refractivity (Wildman–Crippen MR) is 121 cm³/mol. The molecule has 1 unspecified atom stereocenters. The highest BCUT2D eigenvalue weighted by atomic mass is 32.2. The van der Waals surface area contributed by atoms with Crippen LogP contribution in [0.4, 0.5) is 0 Å². The number of sulfonamides is 1. The Morgan fingerprint density at radius 1 is 1.18 bits per heavy atom. The van der Waals surface area contributed by atoms with Gasteiger partial charge in [0.25, 0.3) is 0 Å². The van der Waals surface area contributed by atoms with Crippen LogP contribution in [0.15, 0.2) is 41.7 Å². The molecule has 33 heavy (non-hydrogen) atoms. The van der Waals surface area contributed by atoms with Crippen molar-refractivity contribution in [2.24, 2.45) is 5.92 Å². The Hall–Kier alpha value is -2.56. The summed E-state index contributed by atoms with van der Waals surface area (Å²) in [6.45, 7) is 3.96. The molecule has 10 heteroatoms. The lowest BCUT2D eigenvalue weighted by Gasteiger charge is -2.44. The summed E-state index contributed by atoms with van der Waals surface area (Å²) in [6, 6.07) is 5.07. The van der Waals surface area contributed by atoms with E-state index in [1.165, 1.54) is 54.7 Å². The van der Waals surface area contributed by atoms with Gasteiger partial charge in [0.1, 0.15) is 11.7 Å². The maximum Gasteiger partial charge on any atom is 0.245 e. The number of rotatable bonds is 7. The van der Waals surface area contributed by atoms with Gasteiger partial charge in [-0.3, -0.25) is 9.59 Å². The van der Waals surface area contributed by atoms with E-state index in [4.69, 9.17) is 0 Å². The Bertz CT molecular complexity index is 1130. The van der Waals surface area contributed by atoms with Crippen molar-refractivity contribution in [2.75, 3.05) is 19.6 Å². The first kappa shape index (κ1) is 22.2. The average molecular weight is 472 g/mol. The molecule has 2 N–H and O–H groups in total. The molecule has 2 aromatic rings. The molecule has 3 fully saturated rings. The van der Waals surface area contributed by atoms with Crippen LogP contribution >= 0.6 is 0 Å². The van der Waals surface area contributed by atoms with E-state index in [0.29, 0.717) is 24.1 Å². The standard InChI is InChI=1S/C23H29N5O4S/c1-16(29)18-4-6-20(7-5-18)33(31,32)28-21(12-19-13-24-15-25-19)22(30)26-23(28)8-10-27(11-9-23)14-17-2-3-17/h4-7,13,15,17,21H,2-3,8-12,14H2,1H3,(H,24,25)(H,26,30). The highest BCUT2D eigenvalue weighted by Gasteiger charge is 2.57. The number of likely N-dealkylation sites (tertiary alicyclic amines) is 1. The second-order valence-corrected chi connectivity index (χ2v) is 11.2. The predicted octanol–water partition coefficient (Wildman–Crippen LogP) is 1.55. The SMILES string of the molecule is CC(=O)c1ccc(S(=O)(=O)N2C(Cc3c[nH]cn3)C(=O)NC23CCN(CC2CC2)CC3)cc1. The molecule has 3 heterocycles. The maximum atomic E-state index is 13.9. The molecule has 1 amide bonds. The van der Waals surface area contributed by atoms with E-state index in [1.807, 2.05) is 0 Å². The molecule has 0 bridgehead atoms. The lowest BCUT2D eigenvalue weighted by Crippen LogP contribution is -2.60. The summed E-state index contributed by atoms with van der Waals surface area (Å²) < 4.78 is 29.3. The summed E-state index contributed by atoms with van der Waals surface area (Å²) in [5.74, 6) is 0.328. The van der Waals surface area contributed by atoms with Crippen LogP contribution in [-0.2, 0) is 21.2 Å². The first-order chi connectivity index (χ1) is 15.8. The zero-order chi connectivity index (χ0) is 23.2. The summed E-state index contributed by atoms with van der Waals surface area (Å²) in [5, 5.41) is 3.07. The molecule has 1 aromatic heterocycles. The van der Waals surface area contributed by atoms with Crippen molar-refractivity contribution in [3.05, 3.63) is 48.0 Å². The fourth-order valence-electron chi connectivity index (χ4n) is 5.04. The van der Waals surface area contributed by atoms with E-state index in [0.717, 1.165) is 25.6 Å². The van der Waals surface area contributed by atoms with Crippen molar-refractivity contribution < 1.29 is 18.0 Å². The van der Waals surface area contributed by atoms with Gasteiger partial charge in [0.05, 0.1) is 16.9 Å². The summed E-state index contributed by atoms with van der Waals surface area (Å²) in [4.78, 5) is 34.4. The number of aromatic amines is 1. The Balaban J connectivity index is 1.49. The zero-order valence-corrected chi connectivity index (χ0v) is 19.5. The zero-order valence-electron chi connectivity index (χ0n) is 18.7. The molecular weight excluding hydrogens is 442 g/mol. The fourth-order valence-corrected chi connectivity index (χ4v) is 6.94. The monoisotopic (exact) mass is 471 g/mol. The summed E-state index contributed by atoms with van der Waals surface area (Å²) in [7, 11) is -4.02. The summed E-state index contributed by atoms with van der Waals surface area (Å²) in [5.41, 5.74) is 0.113. The van der Waals surface area contributed by atoms with Crippen LogP contribution < -0.4 is 5.32 Å². The van der Waals surface area contributed by atoms with E-state index < -0.39 is 21.7 Å². The summed E-state index contributed by atoms with van der Waals surface area (Å²) >= 11 is 0. The second-order valence-electron chi connectivity index (χ2n) is 9.43. The van der Waals surface area contributed by atoms with Gasteiger partial charge in [-0.25, -0.2) is 13.4 Å². The van der Waals surface area contributed by atoms with E-state index in [-0.39, 0.29) is 23.0 Å². The van der Waals surface area contributed by atoms with Crippen molar-refractivity contribution in [3.63, 3.8) is 0 Å². The van der Waals surface area contributed by atoms with Crippen molar-refractivity contribution in [2.45, 2.75) is 55.6 Å². The van der Waals surface area contributed by atoms with Gasteiger partial charge in [-0.1, -0.05) is 12.1 Å². The molecule has 1 spiro atoms. The number of ketones is 1. The van der Waals surface area contributed by atoms with Crippen molar-refractivity contribution in [1.29, 1.82) is 0 Å². The molecule has 1 atom stereocenters. The Morgan fingerprint density at radius 3 is 2.45 bits per heavy atom. The molecular formula is C23H29N5O4S. The smallest absolute Gasteiger partial charge is 0.245 e. The van der Waals surface area contributed by atoms with E-state index in [1.54, 1.807) is 6.20 Å². The Kier molecular flexibility index (Phi) is 5.62. The average Bonchev–Trinajstić information content (AvgIpc) is 3.37. The molecule has 2 saturated heterocycles. The van der Waals surface area contributed by atoms with Crippen LogP contribution in [-0.4, -0.2) is 70.6 Å². The topological polar surface area (TPSA) is 115 Å². The number of imidazole rings is 1. The molecule has 1 aromatic carbocycles. The van der Waals surface area contributed by atoms with Crippen LogP contribution in [0.3, 0.4) is 0 Å². The quantitative estimate of drug-likeness (QED) is 0.592. The number of Topliss-reactive ketones (excluding diaryl/α,β-unsaturated/α-hetero) is 1. The number of carbonyl (C=O) groups is 2. The van der Waals surface area contributed by atoms with Crippen molar-refractivity contribution in [1.82, 2.24) is 24.5 Å². The molecule has 176 valence electrons. The summed E-state index contributed by atoms with van der Waals surface area (Å²) in [6.07, 6.45) is 6.99. The normalized spacial score (nSPS) is 23.7. The van der Waals surface area contributed by atoms with Crippen molar-refractivity contribution >= 4 is 21.7 Å². The minimum Gasteiger partial charge on any atom is -0.351 e. The van der Waals surface area contributed by atoms with Gasteiger partial charge in [0.15, 0.2) is 5.78 Å². The first-order valence-electron chi connectivity index (χ1n) is 11.5. The molecule has 1 saturated carbocycles. The first-order valence-corrected chi connectivity index (χ1v) is 12.9. The number of amides is 1. The van der Waals surface area contributed by atoms with Crippen LogP contribution in [0, 0.1) is 5.92 Å². The van der Waals surface area contributed by atoms with Crippen LogP contribution in [0.2, 0.25) is 0 Å². The van der Waals surface area contributed by atoms with E-state index >= 15 is 0 Å². The largest absolute Gasteiger partial charge is 0.351 e.